The van der Waals surface area contributed by atoms with Crippen LogP contribution in [0.3, 0.4) is 0 Å². The summed E-state index contributed by atoms with van der Waals surface area (Å²) in [5.41, 5.74) is 4.35. The van der Waals surface area contributed by atoms with Crippen molar-refractivity contribution in [3.8, 4) is 0 Å². The highest BCUT2D eigenvalue weighted by Crippen LogP contribution is 2.12. The zero-order valence-electron chi connectivity index (χ0n) is 13.6. The van der Waals surface area contributed by atoms with Gasteiger partial charge in [-0.05, 0) is 50.7 Å². The Morgan fingerprint density at radius 2 is 1.77 bits per heavy atom. The highest BCUT2D eigenvalue weighted by atomic mass is 16.1. The molecule has 0 aliphatic rings. The number of likely N-dealkylation sites (N-methyl/N-ethyl adjacent to an activating group) is 1. The molecule has 0 saturated heterocycles. The quantitative estimate of drug-likeness (QED) is 0.887. The molecule has 0 fully saturated rings. The van der Waals surface area contributed by atoms with Crippen molar-refractivity contribution in [1.82, 2.24) is 4.90 Å². The van der Waals surface area contributed by atoms with Crippen LogP contribution in [-0.2, 0) is 17.6 Å². The number of hydrogen-bond acceptors (Lipinski definition) is 2. The molecular weight excluding hydrogens is 272 g/mol. The van der Waals surface area contributed by atoms with Gasteiger partial charge in [0.05, 0.1) is 6.42 Å². The number of nitrogens with one attached hydrogen (secondary N) is 1. The summed E-state index contributed by atoms with van der Waals surface area (Å²) in [6.07, 6.45) is 1.43. The summed E-state index contributed by atoms with van der Waals surface area (Å²) in [7, 11) is 4.14. The highest BCUT2D eigenvalue weighted by molar-refractivity contribution is 5.92. The minimum Gasteiger partial charge on any atom is -0.326 e. The second-order valence-electron chi connectivity index (χ2n) is 5.96. The third-order valence-electron chi connectivity index (χ3n) is 3.53. The first kappa shape index (κ1) is 16.2. The molecule has 3 nitrogen and oxygen atoms in total. The first-order valence-electron chi connectivity index (χ1n) is 7.62. The Labute approximate surface area is 133 Å². The summed E-state index contributed by atoms with van der Waals surface area (Å²) in [6.45, 7) is 3.06. The van der Waals surface area contributed by atoms with Crippen molar-refractivity contribution in [1.29, 1.82) is 0 Å². The molecule has 3 heteroatoms. The zero-order valence-corrected chi connectivity index (χ0v) is 13.6. The van der Waals surface area contributed by atoms with Gasteiger partial charge >= 0.3 is 0 Å². The van der Waals surface area contributed by atoms with Crippen LogP contribution in [0.15, 0.2) is 48.5 Å². The summed E-state index contributed by atoms with van der Waals surface area (Å²) < 4.78 is 0. The molecule has 1 amide bonds. The van der Waals surface area contributed by atoms with Gasteiger partial charge in [-0.15, -0.1) is 0 Å². The van der Waals surface area contributed by atoms with E-state index in [1.165, 1.54) is 11.1 Å². The molecule has 2 rings (SSSR count). The molecule has 1 N–H and O–H groups in total. The smallest absolute Gasteiger partial charge is 0.228 e. The largest absolute Gasteiger partial charge is 0.326 e. The highest BCUT2D eigenvalue weighted by Gasteiger charge is 2.04. The molecule has 0 atom stereocenters. The number of rotatable bonds is 6. The standard InChI is InChI=1S/C19H24N2O/c1-15-5-4-6-17(13-15)14-19(22)20-18-9-7-16(8-10-18)11-12-21(2)3/h4-10,13H,11-12,14H2,1-3H3,(H,20,22). The van der Waals surface area contributed by atoms with E-state index >= 15 is 0 Å². The van der Waals surface area contributed by atoms with Crippen LogP contribution < -0.4 is 5.32 Å². The van der Waals surface area contributed by atoms with Gasteiger partial charge < -0.3 is 10.2 Å². The van der Waals surface area contributed by atoms with Gasteiger partial charge in [-0.25, -0.2) is 0 Å². The van der Waals surface area contributed by atoms with Gasteiger partial charge in [-0.2, -0.15) is 0 Å². The van der Waals surface area contributed by atoms with Crippen LogP contribution in [0.4, 0.5) is 5.69 Å². The fourth-order valence-electron chi connectivity index (χ4n) is 2.32. The SMILES string of the molecule is Cc1cccc(CC(=O)Nc2ccc(CCN(C)C)cc2)c1. The van der Waals surface area contributed by atoms with Gasteiger partial charge in [-0.3, -0.25) is 4.79 Å². The Balaban J connectivity index is 1.89. The number of amides is 1. The van der Waals surface area contributed by atoms with E-state index in [4.69, 9.17) is 0 Å². The molecule has 0 unspecified atom stereocenters. The molecule has 0 aliphatic heterocycles. The molecule has 0 saturated carbocycles. The number of carbonyl (C=O) groups excluding carboxylic acids is 1. The van der Waals surface area contributed by atoms with Gasteiger partial charge in [0.1, 0.15) is 0 Å². The van der Waals surface area contributed by atoms with Crippen LogP contribution in [0, 0.1) is 6.92 Å². The van der Waals surface area contributed by atoms with Gasteiger partial charge in [0.2, 0.25) is 5.91 Å². The average molecular weight is 296 g/mol. The van der Waals surface area contributed by atoms with Crippen LogP contribution in [0.1, 0.15) is 16.7 Å². The second-order valence-corrected chi connectivity index (χ2v) is 5.96. The molecule has 0 aliphatic carbocycles. The number of hydrogen-bond donors (Lipinski definition) is 1. The number of anilines is 1. The van der Waals surface area contributed by atoms with Crippen molar-refractivity contribution in [2.75, 3.05) is 26.0 Å². The van der Waals surface area contributed by atoms with E-state index < -0.39 is 0 Å². The Morgan fingerprint density at radius 1 is 1.05 bits per heavy atom. The van der Waals surface area contributed by atoms with Crippen molar-refractivity contribution in [2.24, 2.45) is 0 Å². The van der Waals surface area contributed by atoms with E-state index in [2.05, 4.69) is 36.4 Å². The van der Waals surface area contributed by atoms with Crippen molar-refractivity contribution in [3.05, 3.63) is 65.2 Å². The molecule has 22 heavy (non-hydrogen) atoms. The monoisotopic (exact) mass is 296 g/mol. The lowest BCUT2D eigenvalue weighted by molar-refractivity contribution is -0.115. The van der Waals surface area contributed by atoms with Crippen molar-refractivity contribution in [3.63, 3.8) is 0 Å². The number of benzene rings is 2. The molecule has 0 aromatic heterocycles. The van der Waals surface area contributed by atoms with E-state index in [0.29, 0.717) is 6.42 Å². The van der Waals surface area contributed by atoms with E-state index in [1.807, 2.05) is 43.3 Å². The van der Waals surface area contributed by atoms with Gasteiger partial charge in [0.15, 0.2) is 0 Å². The minimum absolute atomic E-state index is 0.0200. The Morgan fingerprint density at radius 3 is 2.41 bits per heavy atom. The van der Waals surface area contributed by atoms with Crippen LogP contribution in [0.25, 0.3) is 0 Å². The first-order chi connectivity index (χ1) is 10.5. The Kier molecular flexibility index (Phi) is 5.73. The normalized spacial score (nSPS) is 10.7. The summed E-state index contributed by atoms with van der Waals surface area (Å²) in [4.78, 5) is 14.2. The van der Waals surface area contributed by atoms with Crippen LogP contribution in [-0.4, -0.2) is 31.4 Å². The molecule has 0 radical (unpaired) electrons. The maximum absolute atomic E-state index is 12.1. The molecule has 2 aromatic rings. The number of aryl methyl sites for hydroxylation is 1. The zero-order chi connectivity index (χ0) is 15.9. The average Bonchev–Trinajstić information content (AvgIpc) is 2.46. The van der Waals surface area contributed by atoms with E-state index in [-0.39, 0.29) is 5.91 Å². The fourth-order valence-corrected chi connectivity index (χ4v) is 2.32. The Hall–Kier alpha value is -2.13. The molecule has 2 aromatic carbocycles. The predicted octanol–water partition coefficient (Wildman–Crippen LogP) is 3.28. The van der Waals surface area contributed by atoms with Crippen molar-refractivity contribution >= 4 is 11.6 Å². The molecule has 0 spiro atoms. The second kappa shape index (κ2) is 7.76. The Bertz CT molecular complexity index is 618. The van der Waals surface area contributed by atoms with E-state index in [9.17, 15) is 4.79 Å². The third-order valence-corrected chi connectivity index (χ3v) is 3.53. The molecule has 0 bridgehead atoms. The summed E-state index contributed by atoms with van der Waals surface area (Å²) in [5, 5.41) is 2.95. The van der Waals surface area contributed by atoms with Crippen LogP contribution in [0.2, 0.25) is 0 Å². The van der Waals surface area contributed by atoms with Crippen LogP contribution in [0.5, 0.6) is 0 Å². The van der Waals surface area contributed by atoms with Gasteiger partial charge in [0.25, 0.3) is 0 Å². The van der Waals surface area contributed by atoms with Gasteiger partial charge in [0, 0.05) is 12.2 Å². The lowest BCUT2D eigenvalue weighted by atomic mass is 10.1. The first-order valence-corrected chi connectivity index (χ1v) is 7.62. The maximum Gasteiger partial charge on any atom is 0.228 e. The fraction of sp³-hybridized carbons (Fsp3) is 0.316. The topological polar surface area (TPSA) is 32.3 Å². The van der Waals surface area contributed by atoms with Crippen molar-refractivity contribution < 1.29 is 4.79 Å². The molecule has 0 heterocycles. The third kappa shape index (κ3) is 5.34. The minimum atomic E-state index is 0.0200. The summed E-state index contributed by atoms with van der Waals surface area (Å²) in [6, 6.07) is 16.1. The van der Waals surface area contributed by atoms with Gasteiger partial charge in [-0.1, -0.05) is 42.0 Å². The van der Waals surface area contributed by atoms with Crippen molar-refractivity contribution in [2.45, 2.75) is 19.8 Å². The van der Waals surface area contributed by atoms with E-state index in [0.717, 1.165) is 24.2 Å². The number of carbonyl (C=O) groups is 1. The molecular formula is C19H24N2O. The lowest BCUT2D eigenvalue weighted by Crippen LogP contribution is -2.15. The molecule has 116 valence electrons. The summed E-state index contributed by atoms with van der Waals surface area (Å²) in [5.74, 6) is 0.0200. The maximum atomic E-state index is 12.1. The lowest BCUT2D eigenvalue weighted by Gasteiger charge is -2.10. The van der Waals surface area contributed by atoms with Crippen LogP contribution >= 0.6 is 0 Å². The predicted molar refractivity (Wildman–Crippen MR) is 92.2 cm³/mol. The van der Waals surface area contributed by atoms with E-state index in [1.54, 1.807) is 0 Å². The summed E-state index contributed by atoms with van der Waals surface area (Å²) >= 11 is 0. The number of nitrogens with zero attached hydrogens (tertiary/aromatic N) is 1.